The summed E-state index contributed by atoms with van der Waals surface area (Å²) in [7, 11) is 0. The van der Waals surface area contributed by atoms with Gasteiger partial charge in [-0.15, -0.1) is 11.3 Å². The fraction of sp³-hybridized carbons (Fsp3) is 0.636. The Bertz CT molecular complexity index is 350. The molecular weight excluding hydrogens is 222 g/mol. The van der Waals surface area contributed by atoms with Gasteiger partial charge in [0.05, 0.1) is 0 Å². The molecule has 4 nitrogen and oxygen atoms in total. The standard InChI is InChI=1S/C11H19N3OS/c1-4-11(5-2,6-3)14-9(15)8-7-16-10(12)13-8/h7H,4-6H2,1-3H3,(H2,12,13)(H,14,15). The SMILES string of the molecule is CCC(CC)(CC)NC(=O)c1csc(N)n1. The van der Waals surface area contributed by atoms with Crippen LogP contribution in [-0.2, 0) is 0 Å². The van der Waals surface area contributed by atoms with E-state index in [9.17, 15) is 4.79 Å². The van der Waals surface area contributed by atoms with E-state index in [0.717, 1.165) is 19.3 Å². The summed E-state index contributed by atoms with van der Waals surface area (Å²) in [6.07, 6.45) is 2.77. The monoisotopic (exact) mass is 241 g/mol. The third-order valence-corrected chi connectivity index (χ3v) is 3.84. The zero-order valence-corrected chi connectivity index (χ0v) is 10.9. The maximum Gasteiger partial charge on any atom is 0.271 e. The van der Waals surface area contributed by atoms with Crippen LogP contribution in [0.1, 0.15) is 50.5 Å². The first-order valence-electron chi connectivity index (χ1n) is 5.60. The van der Waals surface area contributed by atoms with E-state index >= 15 is 0 Å². The summed E-state index contributed by atoms with van der Waals surface area (Å²) in [5.41, 5.74) is 5.81. The number of carbonyl (C=O) groups excluding carboxylic acids is 1. The predicted molar refractivity (Wildman–Crippen MR) is 67.6 cm³/mol. The van der Waals surface area contributed by atoms with E-state index in [1.807, 2.05) is 0 Å². The minimum atomic E-state index is -0.126. The van der Waals surface area contributed by atoms with Crippen molar-refractivity contribution in [2.75, 3.05) is 5.73 Å². The zero-order chi connectivity index (χ0) is 12.2. The second-order valence-electron chi connectivity index (χ2n) is 3.87. The molecule has 1 amide bonds. The maximum atomic E-state index is 11.9. The van der Waals surface area contributed by atoms with E-state index in [4.69, 9.17) is 5.73 Å². The van der Waals surface area contributed by atoms with Crippen LogP contribution < -0.4 is 11.1 Å². The number of nitrogens with two attached hydrogens (primary N) is 1. The molecule has 3 N–H and O–H groups in total. The highest BCUT2D eigenvalue weighted by Crippen LogP contribution is 2.20. The molecule has 0 radical (unpaired) electrons. The third kappa shape index (κ3) is 2.72. The minimum Gasteiger partial charge on any atom is -0.375 e. The van der Waals surface area contributed by atoms with Crippen LogP contribution in [-0.4, -0.2) is 16.4 Å². The van der Waals surface area contributed by atoms with Gasteiger partial charge in [-0.2, -0.15) is 0 Å². The summed E-state index contributed by atoms with van der Waals surface area (Å²) in [6.45, 7) is 6.26. The largest absolute Gasteiger partial charge is 0.375 e. The van der Waals surface area contributed by atoms with Crippen molar-refractivity contribution < 1.29 is 4.79 Å². The van der Waals surface area contributed by atoms with Gasteiger partial charge < -0.3 is 11.1 Å². The maximum absolute atomic E-state index is 11.9. The highest BCUT2D eigenvalue weighted by atomic mass is 32.1. The number of aromatic nitrogens is 1. The van der Waals surface area contributed by atoms with Crippen molar-refractivity contribution >= 4 is 22.4 Å². The fourth-order valence-corrected chi connectivity index (χ4v) is 2.26. The predicted octanol–water partition coefficient (Wildman–Crippen LogP) is 2.42. The molecule has 0 saturated carbocycles. The van der Waals surface area contributed by atoms with Crippen LogP contribution in [0, 0.1) is 0 Å². The molecular formula is C11H19N3OS. The second-order valence-corrected chi connectivity index (χ2v) is 4.76. The lowest BCUT2D eigenvalue weighted by Gasteiger charge is -2.31. The normalized spacial score (nSPS) is 11.4. The van der Waals surface area contributed by atoms with Crippen molar-refractivity contribution in [3.8, 4) is 0 Å². The van der Waals surface area contributed by atoms with Crippen LogP contribution in [0.4, 0.5) is 5.13 Å². The van der Waals surface area contributed by atoms with Crippen LogP contribution in [0.3, 0.4) is 0 Å². The number of nitrogen functional groups attached to an aromatic ring is 1. The highest BCUT2D eigenvalue weighted by molar-refractivity contribution is 7.13. The molecule has 0 aliphatic heterocycles. The van der Waals surface area contributed by atoms with Gasteiger partial charge in [-0.1, -0.05) is 20.8 Å². The number of rotatable bonds is 5. The van der Waals surface area contributed by atoms with Gasteiger partial charge in [-0.3, -0.25) is 4.79 Å². The summed E-state index contributed by atoms with van der Waals surface area (Å²) in [5, 5.41) is 5.18. The molecule has 1 aromatic rings. The van der Waals surface area contributed by atoms with Crippen molar-refractivity contribution in [3.05, 3.63) is 11.1 Å². The van der Waals surface area contributed by atoms with Crippen LogP contribution in [0.25, 0.3) is 0 Å². The molecule has 0 unspecified atom stereocenters. The molecule has 0 aliphatic carbocycles. The topological polar surface area (TPSA) is 68.0 Å². The molecule has 0 aliphatic rings. The Kier molecular flexibility index (Phi) is 4.29. The highest BCUT2D eigenvalue weighted by Gasteiger charge is 2.26. The van der Waals surface area contributed by atoms with E-state index in [1.165, 1.54) is 11.3 Å². The molecule has 1 heterocycles. The third-order valence-electron chi connectivity index (χ3n) is 3.16. The van der Waals surface area contributed by atoms with E-state index in [0.29, 0.717) is 10.8 Å². The molecule has 0 fully saturated rings. The van der Waals surface area contributed by atoms with Crippen LogP contribution in [0.5, 0.6) is 0 Å². The average molecular weight is 241 g/mol. The Hall–Kier alpha value is -1.10. The van der Waals surface area contributed by atoms with E-state index in [2.05, 4.69) is 31.1 Å². The van der Waals surface area contributed by atoms with E-state index in [1.54, 1.807) is 5.38 Å². The summed E-state index contributed by atoms with van der Waals surface area (Å²) in [6, 6.07) is 0. The Morgan fingerprint density at radius 3 is 2.38 bits per heavy atom. The number of nitrogens with one attached hydrogen (secondary N) is 1. The first-order chi connectivity index (χ1) is 7.56. The Balaban J connectivity index is 2.76. The second kappa shape index (κ2) is 5.30. The van der Waals surface area contributed by atoms with Crippen LogP contribution >= 0.6 is 11.3 Å². The van der Waals surface area contributed by atoms with Crippen molar-refractivity contribution in [3.63, 3.8) is 0 Å². The van der Waals surface area contributed by atoms with Crippen molar-refractivity contribution in [2.45, 2.75) is 45.6 Å². The fourth-order valence-electron chi connectivity index (χ4n) is 1.71. The molecule has 0 saturated heterocycles. The van der Waals surface area contributed by atoms with Crippen LogP contribution in [0.15, 0.2) is 5.38 Å². The van der Waals surface area contributed by atoms with E-state index in [-0.39, 0.29) is 11.4 Å². The summed E-state index contributed by atoms with van der Waals surface area (Å²) >= 11 is 1.29. The minimum absolute atomic E-state index is 0.116. The van der Waals surface area contributed by atoms with Crippen molar-refractivity contribution in [1.82, 2.24) is 10.3 Å². The van der Waals surface area contributed by atoms with Crippen molar-refractivity contribution in [1.29, 1.82) is 0 Å². The lowest BCUT2D eigenvalue weighted by Crippen LogP contribution is -2.47. The molecule has 0 atom stereocenters. The molecule has 16 heavy (non-hydrogen) atoms. The summed E-state index contributed by atoms with van der Waals surface area (Å²) in [4.78, 5) is 15.9. The average Bonchev–Trinajstić information content (AvgIpc) is 2.73. The molecule has 1 rings (SSSR count). The lowest BCUT2D eigenvalue weighted by molar-refractivity contribution is 0.0884. The number of nitrogens with zero attached hydrogens (tertiary/aromatic N) is 1. The molecule has 5 heteroatoms. The van der Waals surface area contributed by atoms with Gasteiger partial charge >= 0.3 is 0 Å². The number of hydrogen-bond acceptors (Lipinski definition) is 4. The van der Waals surface area contributed by atoms with Gasteiger partial charge in [0.15, 0.2) is 5.13 Å². The molecule has 1 aromatic heterocycles. The molecule has 0 spiro atoms. The van der Waals surface area contributed by atoms with Crippen molar-refractivity contribution in [2.24, 2.45) is 0 Å². The lowest BCUT2D eigenvalue weighted by atomic mass is 9.89. The van der Waals surface area contributed by atoms with Gasteiger partial charge in [-0.25, -0.2) is 4.98 Å². The van der Waals surface area contributed by atoms with E-state index < -0.39 is 0 Å². The van der Waals surface area contributed by atoms with Gasteiger partial charge in [-0.05, 0) is 19.3 Å². The van der Waals surface area contributed by atoms with Crippen LogP contribution in [0.2, 0.25) is 0 Å². The number of hydrogen-bond donors (Lipinski definition) is 2. The summed E-state index contributed by atoms with van der Waals surface area (Å²) < 4.78 is 0. The quantitative estimate of drug-likeness (QED) is 0.832. The molecule has 0 bridgehead atoms. The number of thiazole rings is 1. The van der Waals surface area contributed by atoms with Gasteiger partial charge in [0, 0.05) is 10.9 Å². The Labute approximate surface area is 100 Å². The van der Waals surface area contributed by atoms with Gasteiger partial charge in [0.1, 0.15) is 5.69 Å². The zero-order valence-electron chi connectivity index (χ0n) is 10.0. The number of carbonyl (C=O) groups is 1. The Morgan fingerprint density at radius 1 is 1.44 bits per heavy atom. The van der Waals surface area contributed by atoms with Gasteiger partial charge in [0.25, 0.3) is 5.91 Å². The first-order valence-corrected chi connectivity index (χ1v) is 6.48. The molecule has 0 aromatic carbocycles. The molecule has 90 valence electrons. The first kappa shape index (κ1) is 13.0. The number of anilines is 1. The Morgan fingerprint density at radius 2 is 2.00 bits per heavy atom. The van der Waals surface area contributed by atoms with Gasteiger partial charge in [0.2, 0.25) is 0 Å². The number of amides is 1. The smallest absolute Gasteiger partial charge is 0.271 e. The summed E-state index contributed by atoms with van der Waals surface area (Å²) in [5.74, 6) is -0.126.